The standard InChI is InChI=1S/C32H21ClN4O4S/c1-19-24-16-26(42-31(24)37(36-19)23-14-12-22(33)13-15-23)32(39)40-18-27(38)35-30-25(17-34)28(20-8-4-2-5-9-20)29(41-30)21-10-6-3-7-11-21/h2-16H,18H2,1H3,(H,35,38). The van der Waals surface area contributed by atoms with E-state index >= 15 is 0 Å². The van der Waals surface area contributed by atoms with Gasteiger partial charge in [0.2, 0.25) is 5.88 Å². The van der Waals surface area contributed by atoms with Crippen molar-refractivity contribution in [1.82, 2.24) is 9.78 Å². The number of anilines is 1. The molecule has 3 heterocycles. The van der Waals surface area contributed by atoms with Crippen LogP contribution in [0.1, 0.15) is 20.9 Å². The molecule has 0 aliphatic carbocycles. The Labute approximate surface area is 249 Å². The lowest BCUT2D eigenvalue weighted by atomic mass is 9.98. The van der Waals surface area contributed by atoms with E-state index in [1.165, 1.54) is 11.3 Å². The highest BCUT2D eigenvalue weighted by atomic mass is 35.5. The van der Waals surface area contributed by atoms with Crippen LogP contribution in [0.2, 0.25) is 5.02 Å². The van der Waals surface area contributed by atoms with Gasteiger partial charge < -0.3 is 9.15 Å². The average molecular weight is 593 g/mol. The van der Waals surface area contributed by atoms with Gasteiger partial charge in [0.1, 0.15) is 27.1 Å². The van der Waals surface area contributed by atoms with E-state index in [4.69, 9.17) is 20.8 Å². The number of amides is 1. The summed E-state index contributed by atoms with van der Waals surface area (Å²) in [5.74, 6) is -0.862. The summed E-state index contributed by atoms with van der Waals surface area (Å²) < 4.78 is 13.1. The van der Waals surface area contributed by atoms with Crippen LogP contribution in [0.4, 0.5) is 5.88 Å². The molecule has 0 aliphatic heterocycles. The third kappa shape index (κ3) is 5.17. The van der Waals surface area contributed by atoms with Gasteiger partial charge in [-0.25, -0.2) is 9.48 Å². The minimum absolute atomic E-state index is 0.0169. The predicted molar refractivity (Wildman–Crippen MR) is 162 cm³/mol. The van der Waals surface area contributed by atoms with Crippen LogP contribution in [-0.2, 0) is 9.53 Å². The van der Waals surface area contributed by atoms with Gasteiger partial charge in [-0.2, -0.15) is 10.4 Å². The zero-order chi connectivity index (χ0) is 29.2. The Morgan fingerprint density at radius 2 is 1.69 bits per heavy atom. The van der Waals surface area contributed by atoms with Gasteiger partial charge in [0.15, 0.2) is 6.61 Å². The lowest BCUT2D eigenvalue weighted by molar-refractivity contribution is -0.119. The van der Waals surface area contributed by atoms with Crippen LogP contribution in [0.3, 0.4) is 0 Å². The molecule has 0 unspecified atom stereocenters. The van der Waals surface area contributed by atoms with E-state index in [1.807, 2.05) is 79.7 Å². The highest BCUT2D eigenvalue weighted by Gasteiger charge is 2.25. The van der Waals surface area contributed by atoms with Crippen molar-refractivity contribution in [2.75, 3.05) is 11.9 Å². The van der Waals surface area contributed by atoms with Crippen LogP contribution in [0.25, 0.3) is 38.4 Å². The fourth-order valence-electron chi connectivity index (χ4n) is 4.57. The summed E-state index contributed by atoms with van der Waals surface area (Å²) in [6.45, 7) is 1.29. The third-order valence-corrected chi connectivity index (χ3v) is 7.87. The number of carbonyl (C=O) groups excluding carboxylic acids is 2. The zero-order valence-electron chi connectivity index (χ0n) is 22.1. The van der Waals surface area contributed by atoms with E-state index in [0.717, 1.165) is 32.7 Å². The molecule has 0 bridgehead atoms. The van der Waals surface area contributed by atoms with Gasteiger partial charge in [-0.15, -0.1) is 11.3 Å². The second kappa shape index (κ2) is 11.4. The van der Waals surface area contributed by atoms with E-state index in [-0.39, 0.29) is 11.4 Å². The van der Waals surface area contributed by atoms with Crippen molar-refractivity contribution in [3.8, 4) is 34.2 Å². The van der Waals surface area contributed by atoms with Crippen molar-refractivity contribution in [2.24, 2.45) is 0 Å². The molecule has 10 heteroatoms. The number of benzene rings is 3. The van der Waals surface area contributed by atoms with Crippen LogP contribution in [0.15, 0.2) is 95.4 Å². The van der Waals surface area contributed by atoms with Crippen LogP contribution in [-0.4, -0.2) is 28.3 Å². The molecule has 3 aromatic carbocycles. The lowest BCUT2D eigenvalue weighted by Crippen LogP contribution is -2.20. The Bertz CT molecular complexity index is 1970. The van der Waals surface area contributed by atoms with Crippen molar-refractivity contribution >= 4 is 50.9 Å². The van der Waals surface area contributed by atoms with Crippen LogP contribution in [0, 0.1) is 18.3 Å². The first-order valence-corrected chi connectivity index (χ1v) is 14.0. The third-order valence-electron chi connectivity index (χ3n) is 6.52. The second-order valence-electron chi connectivity index (χ2n) is 9.28. The predicted octanol–water partition coefficient (Wildman–Crippen LogP) is 7.64. The van der Waals surface area contributed by atoms with Gasteiger partial charge in [-0.1, -0.05) is 72.3 Å². The number of thiophene rings is 1. The zero-order valence-corrected chi connectivity index (χ0v) is 23.7. The molecule has 0 spiro atoms. The van der Waals surface area contributed by atoms with Crippen molar-refractivity contribution in [2.45, 2.75) is 6.92 Å². The molecule has 8 nitrogen and oxygen atoms in total. The SMILES string of the molecule is Cc1nn(-c2ccc(Cl)cc2)c2sc(C(=O)OCC(=O)Nc3oc(-c4ccccc4)c(-c4ccccc4)c3C#N)cc12. The second-order valence-corrected chi connectivity index (χ2v) is 10.7. The fraction of sp³-hybridized carbons (Fsp3) is 0.0625. The molecular weight excluding hydrogens is 572 g/mol. The van der Waals surface area contributed by atoms with Gasteiger partial charge in [0.25, 0.3) is 5.91 Å². The smallest absolute Gasteiger partial charge is 0.348 e. The highest BCUT2D eigenvalue weighted by molar-refractivity contribution is 7.20. The Morgan fingerprint density at radius 3 is 2.36 bits per heavy atom. The number of halogens is 1. The average Bonchev–Trinajstić information content (AvgIpc) is 3.70. The molecule has 0 fully saturated rings. The number of nitrogens with zero attached hydrogens (tertiary/aromatic N) is 3. The Kier molecular flexibility index (Phi) is 7.32. The molecule has 0 saturated carbocycles. The first-order chi connectivity index (χ1) is 20.4. The molecule has 0 atom stereocenters. The van der Waals surface area contributed by atoms with Crippen molar-refractivity contribution in [1.29, 1.82) is 5.26 Å². The molecule has 206 valence electrons. The highest BCUT2D eigenvalue weighted by Crippen LogP contribution is 2.41. The fourth-order valence-corrected chi connectivity index (χ4v) is 5.77. The normalized spacial score (nSPS) is 10.9. The summed E-state index contributed by atoms with van der Waals surface area (Å²) >= 11 is 7.23. The summed E-state index contributed by atoms with van der Waals surface area (Å²) in [6, 6.07) is 29.7. The number of nitriles is 1. The van der Waals surface area contributed by atoms with Gasteiger partial charge in [0, 0.05) is 21.5 Å². The van der Waals surface area contributed by atoms with Crippen LogP contribution in [0.5, 0.6) is 0 Å². The molecule has 1 amide bonds. The topological polar surface area (TPSA) is 110 Å². The number of fused-ring (bicyclic) bond motifs is 1. The van der Waals surface area contributed by atoms with Crippen molar-refractivity contribution in [3.63, 3.8) is 0 Å². The van der Waals surface area contributed by atoms with Crippen molar-refractivity contribution in [3.05, 3.63) is 112 Å². The van der Waals surface area contributed by atoms with E-state index in [9.17, 15) is 14.9 Å². The van der Waals surface area contributed by atoms with Gasteiger partial charge in [0.05, 0.1) is 11.4 Å². The number of aromatic nitrogens is 2. The number of carbonyl (C=O) groups is 2. The summed E-state index contributed by atoms with van der Waals surface area (Å²) in [4.78, 5) is 26.9. The number of ether oxygens (including phenoxy) is 1. The Morgan fingerprint density at radius 1 is 1.02 bits per heavy atom. The maximum atomic E-state index is 12.9. The number of hydrogen-bond acceptors (Lipinski definition) is 7. The molecular formula is C32H21ClN4O4S. The van der Waals surface area contributed by atoms with E-state index in [2.05, 4.69) is 16.5 Å². The minimum atomic E-state index is -0.650. The first-order valence-electron chi connectivity index (χ1n) is 12.8. The molecule has 0 saturated heterocycles. The summed E-state index contributed by atoms with van der Waals surface area (Å²) in [7, 11) is 0. The van der Waals surface area contributed by atoms with Crippen molar-refractivity contribution < 1.29 is 18.7 Å². The number of aryl methyl sites for hydroxylation is 1. The number of esters is 1. The molecule has 42 heavy (non-hydrogen) atoms. The molecule has 3 aromatic heterocycles. The number of hydrogen-bond donors (Lipinski definition) is 1. The largest absolute Gasteiger partial charge is 0.451 e. The van der Waals surface area contributed by atoms with Crippen LogP contribution >= 0.6 is 22.9 Å². The van der Waals surface area contributed by atoms with E-state index in [1.54, 1.807) is 22.9 Å². The van der Waals surface area contributed by atoms with Gasteiger partial charge in [-0.3, -0.25) is 10.1 Å². The van der Waals surface area contributed by atoms with E-state index < -0.39 is 18.5 Å². The monoisotopic (exact) mass is 592 g/mol. The summed E-state index contributed by atoms with van der Waals surface area (Å²) in [6.07, 6.45) is 0. The maximum Gasteiger partial charge on any atom is 0.348 e. The van der Waals surface area contributed by atoms with Gasteiger partial charge in [-0.05, 0) is 42.8 Å². The molecule has 6 aromatic rings. The van der Waals surface area contributed by atoms with E-state index in [0.29, 0.717) is 21.2 Å². The van der Waals surface area contributed by atoms with Crippen LogP contribution < -0.4 is 5.32 Å². The molecule has 1 N–H and O–H groups in total. The summed E-state index contributed by atoms with van der Waals surface area (Å²) in [5, 5.41) is 18.6. The summed E-state index contributed by atoms with van der Waals surface area (Å²) in [5.41, 5.74) is 3.80. The minimum Gasteiger partial charge on any atom is -0.451 e. The van der Waals surface area contributed by atoms with Gasteiger partial charge >= 0.3 is 5.97 Å². The molecule has 0 radical (unpaired) electrons. The Hall–Kier alpha value is -5.17. The quantitative estimate of drug-likeness (QED) is 0.191. The first kappa shape index (κ1) is 27.0. The molecule has 6 rings (SSSR count). The molecule has 0 aliphatic rings. The number of rotatable bonds is 7. The lowest BCUT2D eigenvalue weighted by Gasteiger charge is -2.04. The Balaban J connectivity index is 1.22. The number of nitrogens with one attached hydrogen (secondary N) is 1. The maximum absolute atomic E-state index is 12.9. The number of furan rings is 1.